The van der Waals surface area contributed by atoms with Crippen LogP contribution < -0.4 is 10.1 Å². The Balaban J connectivity index is 1.44. The van der Waals surface area contributed by atoms with Gasteiger partial charge in [-0.25, -0.2) is 13.8 Å². The van der Waals surface area contributed by atoms with Gasteiger partial charge in [0.25, 0.3) is 0 Å². The van der Waals surface area contributed by atoms with Crippen LogP contribution in [0.1, 0.15) is 12.8 Å². The van der Waals surface area contributed by atoms with Gasteiger partial charge in [0.05, 0.1) is 31.7 Å². The molecular weight excluding hydrogens is 490 g/mol. The summed E-state index contributed by atoms with van der Waals surface area (Å²) in [6, 6.07) is 10.1. The third kappa shape index (κ3) is 6.80. The van der Waals surface area contributed by atoms with Gasteiger partial charge in [-0.15, -0.1) is 0 Å². The van der Waals surface area contributed by atoms with E-state index in [2.05, 4.69) is 15.2 Å². The maximum Gasteiger partial charge on any atom is 0.242 e. The number of amides is 2. The highest BCUT2D eigenvalue weighted by Crippen LogP contribution is 2.32. The Morgan fingerprint density at radius 3 is 2.61 bits per heavy atom. The first-order valence-corrected chi connectivity index (χ1v) is 12.6. The summed E-state index contributed by atoms with van der Waals surface area (Å²) in [6.07, 6.45) is 0.579. The van der Waals surface area contributed by atoms with Crippen LogP contribution in [-0.4, -0.2) is 78.5 Å². The Labute approximate surface area is 212 Å². The molecule has 8 nitrogen and oxygen atoms in total. The van der Waals surface area contributed by atoms with Crippen LogP contribution in [0.3, 0.4) is 0 Å². The molecule has 0 aliphatic carbocycles. The highest BCUT2D eigenvalue weighted by Gasteiger charge is 2.39. The smallest absolute Gasteiger partial charge is 0.242 e. The van der Waals surface area contributed by atoms with Crippen LogP contribution in [0.5, 0.6) is 5.75 Å². The number of anilines is 1. The number of nitrogens with one attached hydrogen (secondary N) is 1. The number of thioether (sulfide) groups is 1. The van der Waals surface area contributed by atoms with Crippen LogP contribution in [0, 0.1) is 11.6 Å². The Morgan fingerprint density at radius 1 is 1.17 bits per heavy atom. The zero-order valence-electron chi connectivity index (χ0n) is 19.9. The first-order valence-electron chi connectivity index (χ1n) is 11.7. The number of carbonyl (C=O) groups excluding carboxylic acids is 2. The van der Waals surface area contributed by atoms with Crippen molar-refractivity contribution in [1.82, 2.24) is 9.80 Å². The first kappa shape index (κ1) is 26.1. The third-order valence-corrected chi connectivity index (χ3v) is 7.03. The second kappa shape index (κ2) is 12.3. The molecule has 0 spiro atoms. The van der Waals surface area contributed by atoms with Crippen molar-refractivity contribution in [2.75, 3.05) is 51.8 Å². The Kier molecular flexibility index (Phi) is 8.89. The lowest BCUT2D eigenvalue weighted by atomic mass is 10.2. The highest BCUT2D eigenvalue weighted by atomic mass is 32.2. The van der Waals surface area contributed by atoms with E-state index in [0.29, 0.717) is 42.4 Å². The van der Waals surface area contributed by atoms with E-state index in [-0.39, 0.29) is 18.0 Å². The van der Waals surface area contributed by atoms with Crippen LogP contribution in [0.15, 0.2) is 47.5 Å². The minimum absolute atomic E-state index is 0.133. The molecule has 2 saturated heterocycles. The molecule has 1 atom stereocenters. The molecule has 36 heavy (non-hydrogen) atoms. The summed E-state index contributed by atoms with van der Waals surface area (Å²) in [7, 11) is 1.58. The summed E-state index contributed by atoms with van der Waals surface area (Å²) in [5.41, 5.74) is 0.522. The molecule has 2 heterocycles. The molecule has 4 rings (SSSR count). The first-order chi connectivity index (χ1) is 17.4. The predicted octanol–water partition coefficient (Wildman–Crippen LogP) is 3.66. The zero-order valence-corrected chi connectivity index (χ0v) is 20.7. The number of hydrogen-bond donors (Lipinski definition) is 1. The summed E-state index contributed by atoms with van der Waals surface area (Å²) in [6.45, 7) is 4.41. The lowest BCUT2D eigenvalue weighted by molar-refractivity contribution is -0.128. The van der Waals surface area contributed by atoms with E-state index in [0.717, 1.165) is 38.2 Å². The van der Waals surface area contributed by atoms with Crippen LogP contribution >= 0.6 is 11.8 Å². The summed E-state index contributed by atoms with van der Waals surface area (Å²) in [5.74, 6) is -1.67. The van der Waals surface area contributed by atoms with E-state index in [4.69, 9.17) is 9.47 Å². The fourth-order valence-electron chi connectivity index (χ4n) is 3.94. The van der Waals surface area contributed by atoms with Crippen molar-refractivity contribution in [3.05, 3.63) is 54.1 Å². The molecule has 2 fully saturated rings. The van der Waals surface area contributed by atoms with Crippen LogP contribution in [0.25, 0.3) is 0 Å². The molecule has 0 bridgehead atoms. The largest absolute Gasteiger partial charge is 0.497 e. The van der Waals surface area contributed by atoms with Crippen LogP contribution in [0.2, 0.25) is 0 Å². The van der Waals surface area contributed by atoms with Crippen molar-refractivity contribution in [3.8, 4) is 5.75 Å². The average molecular weight is 519 g/mol. The SMILES string of the molecule is COc1ccc(N=C2SC(CC(=O)Nc3ccc(F)cc3F)C(=O)N2CCCN2CCOCC2)cc1. The van der Waals surface area contributed by atoms with Crippen molar-refractivity contribution in [2.24, 2.45) is 4.99 Å². The molecule has 2 aliphatic rings. The van der Waals surface area contributed by atoms with Gasteiger partial charge >= 0.3 is 0 Å². The molecule has 192 valence electrons. The molecule has 2 aromatic rings. The minimum Gasteiger partial charge on any atom is -0.497 e. The molecule has 2 aliphatic heterocycles. The predicted molar refractivity (Wildman–Crippen MR) is 135 cm³/mol. The number of amidine groups is 1. The molecule has 2 amide bonds. The standard InChI is InChI=1S/C25H28F2N4O4S/c1-34-19-6-4-18(5-7-19)28-25-31(10-2-9-30-11-13-35-14-12-30)24(33)22(36-25)16-23(32)29-21-8-3-17(26)15-20(21)27/h3-8,15,22H,2,9-14,16H2,1H3,(H,29,32). The fraction of sp³-hybridized carbons (Fsp3) is 0.400. The van der Waals surface area contributed by atoms with Crippen molar-refractivity contribution in [1.29, 1.82) is 0 Å². The van der Waals surface area contributed by atoms with Crippen molar-refractivity contribution in [2.45, 2.75) is 18.1 Å². The number of carbonyl (C=O) groups is 2. The monoisotopic (exact) mass is 518 g/mol. The van der Waals surface area contributed by atoms with Gasteiger partial charge in [0.2, 0.25) is 11.8 Å². The normalized spacial score (nSPS) is 19.6. The third-order valence-electron chi connectivity index (χ3n) is 5.85. The summed E-state index contributed by atoms with van der Waals surface area (Å²) in [5, 5.41) is 2.24. The van der Waals surface area contributed by atoms with E-state index in [9.17, 15) is 18.4 Å². The maximum atomic E-state index is 13.9. The number of methoxy groups -OCH3 is 1. The van der Waals surface area contributed by atoms with Crippen molar-refractivity contribution in [3.63, 3.8) is 0 Å². The Hall–Kier alpha value is -3.02. The Morgan fingerprint density at radius 2 is 1.92 bits per heavy atom. The van der Waals surface area contributed by atoms with Crippen molar-refractivity contribution < 1.29 is 27.8 Å². The molecular formula is C25H28F2N4O4S. The number of aliphatic imine (C=N–C) groups is 1. The number of rotatable bonds is 9. The van der Waals surface area contributed by atoms with Gasteiger partial charge in [0, 0.05) is 38.7 Å². The van der Waals surface area contributed by atoms with E-state index in [1.54, 1.807) is 36.3 Å². The van der Waals surface area contributed by atoms with Crippen LogP contribution in [0.4, 0.5) is 20.2 Å². The topological polar surface area (TPSA) is 83.5 Å². The molecule has 0 saturated carbocycles. The van der Waals surface area contributed by atoms with Crippen LogP contribution in [-0.2, 0) is 14.3 Å². The van der Waals surface area contributed by atoms with Gasteiger partial charge in [0.1, 0.15) is 22.6 Å². The van der Waals surface area contributed by atoms with Gasteiger partial charge in [0.15, 0.2) is 5.17 Å². The lowest BCUT2D eigenvalue weighted by Gasteiger charge is -2.27. The fourth-order valence-corrected chi connectivity index (χ4v) is 5.12. The van der Waals surface area contributed by atoms with Gasteiger partial charge in [-0.1, -0.05) is 11.8 Å². The molecule has 0 radical (unpaired) electrons. The number of ether oxygens (including phenoxy) is 2. The molecule has 1 unspecified atom stereocenters. The maximum absolute atomic E-state index is 13.9. The number of benzene rings is 2. The second-order valence-corrected chi connectivity index (χ2v) is 9.54. The number of morpholine rings is 1. The van der Waals surface area contributed by atoms with E-state index in [1.807, 2.05) is 0 Å². The number of nitrogens with zero attached hydrogens (tertiary/aromatic N) is 3. The molecule has 1 N–H and O–H groups in total. The minimum atomic E-state index is -0.875. The number of halogens is 2. The van der Waals surface area contributed by atoms with E-state index >= 15 is 0 Å². The average Bonchev–Trinajstić information content (AvgIpc) is 3.15. The highest BCUT2D eigenvalue weighted by molar-refractivity contribution is 8.15. The van der Waals surface area contributed by atoms with E-state index in [1.165, 1.54) is 11.8 Å². The molecule has 11 heteroatoms. The quantitative estimate of drug-likeness (QED) is 0.546. The van der Waals surface area contributed by atoms with Gasteiger partial charge < -0.3 is 14.8 Å². The summed E-state index contributed by atoms with van der Waals surface area (Å²) >= 11 is 1.21. The lowest BCUT2D eigenvalue weighted by Crippen LogP contribution is -2.39. The number of hydrogen-bond acceptors (Lipinski definition) is 7. The summed E-state index contributed by atoms with van der Waals surface area (Å²) < 4.78 is 37.7. The molecule has 2 aromatic carbocycles. The Bertz CT molecular complexity index is 1110. The second-order valence-electron chi connectivity index (χ2n) is 8.37. The van der Waals surface area contributed by atoms with Crippen molar-refractivity contribution >= 4 is 40.1 Å². The van der Waals surface area contributed by atoms with E-state index < -0.39 is 22.8 Å². The van der Waals surface area contributed by atoms with Gasteiger partial charge in [-0.2, -0.15) is 0 Å². The van der Waals surface area contributed by atoms with Gasteiger partial charge in [-0.05, 0) is 42.8 Å². The van der Waals surface area contributed by atoms with Gasteiger partial charge in [-0.3, -0.25) is 19.4 Å². The molecule has 0 aromatic heterocycles. The summed E-state index contributed by atoms with van der Waals surface area (Å²) in [4.78, 5) is 34.4. The zero-order chi connectivity index (χ0) is 25.5.